The molecule has 0 radical (unpaired) electrons. The van der Waals surface area contributed by atoms with E-state index in [-0.39, 0.29) is 12.1 Å². The molecule has 2 heterocycles. The van der Waals surface area contributed by atoms with Crippen LogP contribution in [0, 0.1) is 0 Å². The van der Waals surface area contributed by atoms with Gasteiger partial charge >= 0.3 is 6.09 Å². The number of rotatable bonds is 2. The summed E-state index contributed by atoms with van der Waals surface area (Å²) >= 11 is 6.13. The van der Waals surface area contributed by atoms with Gasteiger partial charge in [-0.1, -0.05) is 11.6 Å². The molecule has 6 heteroatoms. The third-order valence-corrected chi connectivity index (χ3v) is 3.24. The number of ether oxygens (including phenoxy) is 1. The second-order valence-corrected chi connectivity index (χ2v) is 6.29. The molecule has 1 atom stereocenters. The summed E-state index contributed by atoms with van der Waals surface area (Å²) in [5, 5.41) is 3.51. The van der Waals surface area contributed by atoms with Crippen LogP contribution in [0.3, 0.4) is 0 Å². The lowest BCUT2D eigenvalue weighted by Crippen LogP contribution is -2.40. The Labute approximate surface area is 124 Å². The lowest BCUT2D eigenvalue weighted by atomic mass is 10.2. The van der Waals surface area contributed by atoms with Crippen molar-refractivity contribution in [3.63, 3.8) is 0 Å². The van der Waals surface area contributed by atoms with E-state index < -0.39 is 5.60 Å². The van der Waals surface area contributed by atoms with Crippen LogP contribution in [0.1, 0.15) is 27.2 Å². The minimum atomic E-state index is -0.479. The van der Waals surface area contributed by atoms with Gasteiger partial charge in [0.2, 0.25) is 0 Å². The van der Waals surface area contributed by atoms with Gasteiger partial charge in [-0.3, -0.25) is 0 Å². The van der Waals surface area contributed by atoms with Crippen molar-refractivity contribution in [1.29, 1.82) is 0 Å². The molecule has 1 N–H and O–H groups in total. The van der Waals surface area contributed by atoms with Crippen molar-refractivity contribution in [2.75, 3.05) is 18.0 Å². The highest BCUT2D eigenvalue weighted by molar-refractivity contribution is 6.32. The van der Waals surface area contributed by atoms with Gasteiger partial charge in [-0.25, -0.2) is 9.78 Å². The van der Waals surface area contributed by atoms with E-state index in [4.69, 9.17) is 16.3 Å². The van der Waals surface area contributed by atoms with Gasteiger partial charge in [0.15, 0.2) is 0 Å². The molecule has 20 heavy (non-hydrogen) atoms. The van der Waals surface area contributed by atoms with E-state index in [0.29, 0.717) is 11.6 Å². The van der Waals surface area contributed by atoms with Crippen molar-refractivity contribution in [3.05, 3.63) is 23.4 Å². The molecule has 2 rings (SSSR count). The van der Waals surface area contributed by atoms with E-state index >= 15 is 0 Å². The molecule has 5 nitrogen and oxygen atoms in total. The number of aromatic nitrogens is 1. The van der Waals surface area contributed by atoms with Crippen molar-refractivity contribution in [1.82, 2.24) is 10.3 Å². The fraction of sp³-hybridized carbons (Fsp3) is 0.571. The smallest absolute Gasteiger partial charge is 0.407 e. The Kier molecular flexibility index (Phi) is 4.38. The largest absolute Gasteiger partial charge is 0.444 e. The first-order chi connectivity index (χ1) is 9.35. The maximum atomic E-state index is 11.7. The number of hydrogen-bond acceptors (Lipinski definition) is 4. The normalized spacial score (nSPS) is 19.0. The molecule has 1 fully saturated rings. The average molecular weight is 298 g/mol. The van der Waals surface area contributed by atoms with Crippen LogP contribution in [0.5, 0.6) is 0 Å². The first-order valence-electron chi connectivity index (χ1n) is 6.70. The third kappa shape index (κ3) is 4.00. The summed E-state index contributed by atoms with van der Waals surface area (Å²) in [7, 11) is 0. The number of halogens is 1. The van der Waals surface area contributed by atoms with Gasteiger partial charge in [0.25, 0.3) is 0 Å². The first kappa shape index (κ1) is 14.9. The van der Waals surface area contributed by atoms with Gasteiger partial charge < -0.3 is 15.0 Å². The van der Waals surface area contributed by atoms with Crippen LogP contribution in [0.15, 0.2) is 18.3 Å². The molecule has 1 aromatic heterocycles. The molecule has 1 unspecified atom stereocenters. The van der Waals surface area contributed by atoms with Crippen LogP contribution in [0.4, 0.5) is 10.6 Å². The highest BCUT2D eigenvalue weighted by atomic mass is 35.5. The number of nitrogens with zero attached hydrogens (tertiary/aromatic N) is 2. The minimum Gasteiger partial charge on any atom is -0.444 e. The summed E-state index contributed by atoms with van der Waals surface area (Å²) in [6, 6.07) is 3.68. The summed E-state index contributed by atoms with van der Waals surface area (Å²) in [6.07, 6.45) is 2.19. The molecule has 0 aromatic carbocycles. The van der Waals surface area contributed by atoms with Gasteiger partial charge in [0, 0.05) is 19.3 Å². The Bertz CT molecular complexity index is 488. The van der Waals surface area contributed by atoms with Crippen molar-refractivity contribution >= 4 is 23.5 Å². The van der Waals surface area contributed by atoms with Crippen molar-refractivity contribution < 1.29 is 9.53 Å². The molecule has 1 saturated heterocycles. The first-order valence-corrected chi connectivity index (χ1v) is 7.08. The second kappa shape index (κ2) is 5.87. The monoisotopic (exact) mass is 297 g/mol. The van der Waals surface area contributed by atoms with Crippen LogP contribution < -0.4 is 10.2 Å². The molecule has 0 saturated carbocycles. The lowest BCUT2D eigenvalue weighted by Gasteiger charge is -2.22. The van der Waals surface area contributed by atoms with Gasteiger partial charge in [0.1, 0.15) is 11.4 Å². The number of carbonyl (C=O) groups is 1. The SMILES string of the molecule is CC(C)(C)OC(=O)NC1CCN(c2ncccc2Cl)C1. The predicted molar refractivity (Wildman–Crippen MR) is 79.2 cm³/mol. The second-order valence-electron chi connectivity index (χ2n) is 5.89. The fourth-order valence-electron chi connectivity index (χ4n) is 2.15. The molecular formula is C14H20ClN3O2. The molecular weight excluding hydrogens is 278 g/mol. The highest BCUT2D eigenvalue weighted by Crippen LogP contribution is 2.25. The van der Waals surface area contributed by atoms with Crippen LogP contribution in [-0.4, -0.2) is 35.8 Å². The summed E-state index contributed by atoms with van der Waals surface area (Å²) < 4.78 is 5.25. The summed E-state index contributed by atoms with van der Waals surface area (Å²) in [5.41, 5.74) is -0.479. The summed E-state index contributed by atoms with van der Waals surface area (Å²) in [6.45, 7) is 7.05. The zero-order chi connectivity index (χ0) is 14.8. The Morgan fingerprint density at radius 3 is 2.95 bits per heavy atom. The van der Waals surface area contributed by atoms with Crippen LogP contribution >= 0.6 is 11.6 Å². The van der Waals surface area contributed by atoms with Gasteiger partial charge in [0.05, 0.1) is 11.1 Å². The number of anilines is 1. The zero-order valence-corrected chi connectivity index (χ0v) is 12.8. The van der Waals surface area contributed by atoms with E-state index in [1.54, 1.807) is 12.3 Å². The quantitative estimate of drug-likeness (QED) is 0.912. The van der Waals surface area contributed by atoms with Crippen molar-refractivity contribution in [2.45, 2.75) is 38.8 Å². The molecule has 1 amide bonds. The van der Waals surface area contributed by atoms with Crippen molar-refractivity contribution in [3.8, 4) is 0 Å². The summed E-state index contributed by atoms with van der Waals surface area (Å²) in [5.74, 6) is 0.766. The van der Waals surface area contributed by atoms with Gasteiger partial charge in [-0.15, -0.1) is 0 Å². The van der Waals surface area contributed by atoms with E-state index in [2.05, 4.69) is 15.2 Å². The van der Waals surface area contributed by atoms with E-state index in [1.165, 1.54) is 0 Å². The Morgan fingerprint density at radius 1 is 1.55 bits per heavy atom. The van der Waals surface area contributed by atoms with Gasteiger partial charge in [-0.05, 0) is 39.3 Å². The lowest BCUT2D eigenvalue weighted by molar-refractivity contribution is 0.0509. The molecule has 0 bridgehead atoms. The van der Waals surface area contributed by atoms with E-state index in [1.807, 2.05) is 26.8 Å². The van der Waals surface area contributed by atoms with Crippen molar-refractivity contribution in [2.24, 2.45) is 0 Å². The number of alkyl carbamates (subject to hydrolysis) is 1. The molecule has 1 aliphatic rings. The van der Waals surface area contributed by atoms with Gasteiger partial charge in [-0.2, -0.15) is 0 Å². The number of amides is 1. The van der Waals surface area contributed by atoms with E-state index in [9.17, 15) is 4.79 Å². The number of carbonyl (C=O) groups excluding carboxylic acids is 1. The third-order valence-electron chi connectivity index (χ3n) is 2.95. The number of pyridine rings is 1. The molecule has 0 aliphatic carbocycles. The summed E-state index contributed by atoms with van der Waals surface area (Å²) in [4.78, 5) is 18.1. The maximum absolute atomic E-state index is 11.7. The molecule has 1 aliphatic heterocycles. The van der Waals surface area contributed by atoms with Crippen LogP contribution in [0.2, 0.25) is 5.02 Å². The number of nitrogens with one attached hydrogen (secondary N) is 1. The molecule has 1 aromatic rings. The predicted octanol–water partition coefficient (Wildman–Crippen LogP) is 2.84. The number of hydrogen-bond donors (Lipinski definition) is 1. The molecule has 110 valence electrons. The zero-order valence-electron chi connectivity index (χ0n) is 12.0. The van der Waals surface area contributed by atoms with E-state index in [0.717, 1.165) is 18.8 Å². The standard InChI is InChI=1S/C14H20ClN3O2/c1-14(2,3)20-13(19)17-10-6-8-18(9-10)12-11(15)5-4-7-16-12/h4-5,7,10H,6,8-9H2,1-3H3,(H,17,19). The topological polar surface area (TPSA) is 54.5 Å². The minimum absolute atomic E-state index is 0.0583. The fourth-order valence-corrected chi connectivity index (χ4v) is 2.40. The maximum Gasteiger partial charge on any atom is 0.407 e. The molecule has 0 spiro atoms. The Morgan fingerprint density at radius 2 is 2.30 bits per heavy atom. The Hall–Kier alpha value is -1.49. The average Bonchev–Trinajstić information content (AvgIpc) is 2.75. The Balaban J connectivity index is 1.90. The van der Waals surface area contributed by atoms with Crippen LogP contribution in [-0.2, 0) is 4.74 Å². The highest BCUT2D eigenvalue weighted by Gasteiger charge is 2.27. The van der Waals surface area contributed by atoms with Crippen LogP contribution in [0.25, 0.3) is 0 Å².